The molecule has 1 aromatic carbocycles. The number of carbonyl (C=O) groups excluding carboxylic acids is 1. The molecule has 2 aliphatic rings. The topological polar surface area (TPSA) is 77.2 Å². The van der Waals surface area contributed by atoms with Gasteiger partial charge in [0.25, 0.3) is 5.91 Å². The van der Waals surface area contributed by atoms with Gasteiger partial charge < -0.3 is 24.4 Å². The second kappa shape index (κ2) is 8.46. The number of hydrogen-bond acceptors (Lipinski definition) is 5. The van der Waals surface area contributed by atoms with Crippen LogP contribution in [0.1, 0.15) is 34.5 Å². The summed E-state index contributed by atoms with van der Waals surface area (Å²) in [6.45, 7) is 8.41. The van der Waals surface area contributed by atoms with Gasteiger partial charge in [0, 0.05) is 49.7 Å². The fourth-order valence-corrected chi connectivity index (χ4v) is 4.88. The van der Waals surface area contributed by atoms with Crippen LogP contribution in [-0.2, 0) is 0 Å². The summed E-state index contributed by atoms with van der Waals surface area (Å²) in [7, 11) is 0. The van der Waals surface area contributed by atoms with Crippen LogP contribution in [0.15, 0.2) is 22.6 Å². The van der Waals surface area contributed by atoms with Gasteiger partial charge in [-0.05, 0) is 63.2 Å². The largest absolute Gasteiger partial charge is 0.451 e. The van der Waals surface area contributed by atoms with Crippen LogP contribution < -0.4 is 0 Å². The van der Waals surface area contributed by atoms with Gasteiger partial charge in [-0.2, -0.15) is 0 Å². The van der Waals surface area contributed by atoms with E-state index in [4.69, 9.17) is 4.42 Å². The highest BCUT2D eigenvalue weighted by atomic mass is 16.3. The smallest absolute Gasteiger partial charge is 0.289 e. The van der Waals surface area contributed by atoms with Crippen LogP contribution in [0.25, 0.3) is 11.0 Å². The minimum atomic E-state index is -0.0729. The number of amides is 1. The summed E-state index contributed by atoms with van der Waals surface area (Å²) >= 11 is 0. The lowest BCUT2D eigenvalue weighted by molar-refractivity contribution is 0.0746. The van der Waals surface area contributed by atoms with Crippen molar-refractivity contribution in [1.29, 1.82) is 0 Å². The van der Waals surface area contributed by atoms with E-state index < -0.39 is 0 Å². The number of aryl methyl sites for hydroxylation is 2. The maximum atomic E-state index is 13.2. The second-order valence-corrected chi connectivity index (χ2v) is 8.90. The van der Waals surface area contributed by atoms with E-state index in [1.54, 1.807) is 0 Å². The fraction of sp³-hybridized carbons (Fsp3) is 0.609. The molecule has 0 aliphatic carbocycles. The molecule has 0 saturated carbocycles. The zero-order valence-electron chi connectivity index (χ0n) is 17.4. The summed E-state index contributed by atoms with van der Waals surface area (Å²) in [4.78, 5) is 17.5. The minimum Gasteiger partial charge on any atom is -0.451 e. The number of furan rings is 1. The first-order valence-electron chi connectivity index (χ1n) is 10.7. The molecule has 3 heterocycles. The number of aliphatic hydroxyl groups is 2. The first-order valence-corrected chi connectivity index (χ1v) is 10.7. The molecule has 1 amide bonds. The van der Waals surface area contributed by atoms with Crippen molar-refractivity contribution in [2.45, 2.75) is 26.7 Å². The van der Waals surface area contributed by atoms with Crippen LogP contribution in [-0.4, -0.2) is 71.9 Å². The predicted molar refractivity (Wildman–Crippen MR) is 112 cm³/mol. The van der Waals surface area contributed by atoms with Crippen molar-refractivity contribution in [3.63, 3.8) is 0 Å². The van der Waals surface area contributed by atoms with E-state index in [-0.39, 0.29) is 31.0 Å². The minimum absolute atomic E-state index is 0.0729. The molecule has 29 heavy (non-hydrogen) atoms. The van der Waals surface area contributed by atoms with Crippen LogP contribution in [0.2, 0.25) is 0 Å². The van der Waals surface area contributed by atoms with Gasteiger partial charge in [-0.1, -0.05) is 12.1 Å². The third-order valence-corrected chi connectivity index (χ3v) is 6.84. The van der Waals surface area contributed by atoms with Gasteiger partial charge >= 0.3 is 0 Å². The number of benzene rings is 1. The normalized spacial score (nSPS) is 23.9. The molecule has 4 rings (SSSR count). The third kappa shape index (κ3) is 4.06. The number of nitrogens with zero attached hydrogens (tertiary/aromatic N) is 2. The van der Waals surface area contributed by atoms with Crippen molar-refractivity contribution in [2.75, 3.05) is 45.9 Å². The molecule has 2 N–H and O–H groups in total. The standard InChI is InChI=1S/C23H32N2O4/c1-15-3-4-20-16(2)22(29-21(20)9-15)23(28)25-11-18(19(12-25)14-27)10-24-7-5-17(13-26)6-8-24/h3-4,9,17-19,26-27H,5-8,10-14H2,1-2H3. The SMILES string of the molecule is Cc1ccc2c(C)c(C(=O)N3CC(CO)C(CN4CCC(CO)CC4)C3)oc2c1. The van der Waals surface area contributed by atoms with Gasteiger partial charge in [-0.25, -0.2) is 0 Å². The Balaban J connectivity index is 1.45. The maximum Gasteiger partial charge on any atom is 0.289 e. The van der Waals surface area contributed by atoms with E-state index in [0.29, 0.717) is 24.8 Å². The number of aliphatic hydroxyl groups excluding tert-OH is 2. The number of likely N-dealkylation sites (tertiary alicyclic amines) is 2. The predicted octanol–water partition coefficient (Wildman–Crippen LogP) is 2.43. The van der Waals surface area contributed by atoms with Crippen molar-refractivity contribution in [3.05, 3.63) is 35.1 Å². The summed E-state index contributed by atoms with van der Waals surface area (Å²) in [6.07, 6.45) is 2.04. The average molecular weight is 401 g/mol. The Kier molecular flexibility index (Phi) is 5.95. The Morgan fingerprint density at radius 3 is 2.52 bits per heavy atom. The summed E-state index contributed by atoms with van der Waals surface area (Å²) in [5, 5.41) is 20.2. The Bertz CT molecular complexity index is 869. The lowest BCUT2D eigenvalue weighted by Gasteiger charge is -2.33. The van der Waals surface area contributed by atoms with Crippen LogP contribution in [0.5, 0.6) is 0 Å². The molecule has 0 radical (unpaired) electrons. The van der Waals surface area contributed by atoms with Crippen molar-refractivity contribution in [2.24, 2.45) is 17.8 Å². The van der Waals surface area contributed by atoms with Crippen molar-refractivity contribution in [3.8, 4) is 0 Å². The summed E-state index contributed by atoms with van der Waals surface area (Å²) in [6, 6.07) is 6.02. The van der Waals surface area contributed by atoms with E-state index in [2.05, 4.69) is 4.90 Å². The molecular formula is C23H32N2O4. The summed E-state index contributed by atoms with van der Waals surface area (Å²) in [5.74, 6) is 1.13. The van der Waals surface area contributed by atoms with Crippen LogP contribution in [0.3, 0.4) is 0 Å². The summed E-state index contributed by atoms with van der Waals surface area (Å²) < 4.78 is 5.94. The lowest BCUT2D eigenvalue weighted by Crippen LogP contribution is -2.40. The van der Waals surface area contributed by atoms with Crippen LogP contribution >= 0.6 is 0 Å². The van der Waals surface area contributed by atoms with Gasteiger partial charge in [-0.15, -0.1) is 0 Å². The zero-order valence-corrected chi connectivity index (χ0v) is 17.4. The molecule has 2 fully saturated rings. The molecule has 2 atom stereocenters. The second-order valence-electron chi connectivity index (χ2n) is 8.90. The van der Waals surface area contributed by atoms with E-state index in [1.165, 1.54) is 0 Å². The van der Waals surface area contributed by atoms with E-state index in [9.17, 15) is 15.0 Å². The monoisotopic (exact) mass is 400 g/mol. The molecule has 158 valence electrons. The Morgan fingerprint density at radius 1 is 1.10 bits per heavy atom. The van der Waals surface area contributed by atoms with Gasteiger partial charge in [0.05, 0.1) is 0 Å². The molecule has 6 nitrogen and oxygen atoms in total. The molecule has 2 saturated heterocycles. The molecule has 2 unspecified atom stereocenters. The van der Waals surface area contributed by atoms with E-state index in [0.717, 1.165) is 54.6 Å². The highest BCUT2D eigenvalue weighted by molar-refractivity contribution is 5.99. The number of carbonyl (C=O) groups is 1. The highest BCUT2D eigenvalue weighted by Crippen LogP contribution is 2.31. The average Bonchev–Trinajstić information content (AvgIpc) is 3.28. The fourth-order valence-electron chi connectivity index (χ4n) is 4.88. The third-order valence-electron chi connectivity index (χ3n) is 6.84. The first kappa shape index (κ1) is 20.4. The molecule has 2 aliphatic heterocycles. The van der Waals surface area contributed by atoms with Gasteiger partial charge in [-0.3, -0.25) is 4.79 Å². The van der Waals surface area contributed by atoms with Gasteiger partial charge in [0.2, 0.25) is 0 Å². The molecule has 0 bridgehead atoms. The Morgan fingerprint density at radius 2 is 1.83 bits per heavy atom. The molecule has 0 spiro atoms. The number of hydrogen-bond donors (Lipinski definition) is 2. The number of fused-ring (bicyclic) bond motifs is 1. The van der Waals surface area contributed by atoms with Crippen molar-refractivity contribution < 1.29 is 19.4 Å². The summed E-state index contributed by atoms with van der Waals surface area (Å²) in [5.41, 5.74) is 2.75. The maximum absolute atomic E-state index is 13.2. The number of piperidine rings is 1. The van der Waals surface area contributed by atoms with Crippen molar-refractivity contribution in [1.82, 2.24) is 9.80 Å². The van der Waals surface area contributed by atoms with Crippen LogP contribution in [0, 0.1) is 31.6 Å². The number of rotatable bonds is 5. The molecular weight excluding hydrogens is 368 g/mol. The highest BCUT2D eigenvalue weighted by Gasteiger charge is 2.38. The molecule has 2 aromatic rings. The van der Waals surface area contributed by atoms with E-state index in [1.807, 2.05) is 36.9 Å². The van der Waals surface area contributed by atoms with Crippen LogP contribution in [0.4, 0.5) is 0 Å². The molecule has 1 aromatic heterocycles. The van der Waals surface area contributed by atoms with Gasteiger partial charge in [0.15, 0.2) is 5.76 Å². The zero-order chi connectivity index (χ0) is 20.5. The lowest BCUT2D eigenvalue weighted by atomic mass is 9.93. The van der Waals surface area contributed by atoms with Gasteiger partial charge in [0.1, 0.15) is 5.58 Å². The molecule has 6 heteroatoms. The quantitative estimate of drug-likeness (QED) is 0.806. The van der Waals surface area contributed by atoms with Crippen molar-refractivity contribution >= 4 is 16.9 Å². The Hall–Kier alpha value is -1.89. The first-order chi connectivity index (χ1) is 14.0. The van der Waals surface area contributed by atoms with E-state index >= 15 is 0 Å². The Labute approximate surface area is 172 Å².